The van der Waals surface area contributed by atoms with Gasteiger partial charge in [-0.2, -0.15) is 0 Å². The Morgan fingerprint density at radius 2 is 1.90 bits per heavy atom. The van der Waals surface area contributed by atoms with Crippen molar-refractivity contribution in [2.24, 2.45) is 0 Å². The van der Waals surface area contributed by atoms with Gasteiger partial charge in [-0.3, -0.25) is 24.1 Å². The predicted molar refractivity (Wildman–Crippen MR) is 107 cm³/mol. The molecule has 1 aliphatic heterocycles. The van der Waals surface area contributed by atoms with E-state index >= 15 is 0 Å². The molecule has 0 unspecified atom stereocenters. The van der Waals surface area contributed by atoms with Crippen LogP contribution >= 0.6 is 11.8 Å². The van der Waals surface area contributed by atoms with E-state index in [0.29, 0.717) is 11.3 Å². The number of benzene rings is 2. The van der Waals surface area contributed by atoms with E-state index in [0.717, 1.165) is 16.7 Å². The lowest BCUT2D eigenvalue weighted by Gasteiger charge is -2.14. The number of nitrogens with one attached hydrogen (secondary N) is 2. The van der Waals surface area contributed by atoms with Gasteiger partial charge in [0.2, 0.25) is 5.91 Å². The van der Waals surface area contributed by atoms with Gasteiger partial charge >= 0.3 is 0 Å². The molecule has 1 saturated heterocycles. The van der Waals surface area contributed by atoms with Crippen LogP contribution in [0.4, 0.5) is 14.9 Å². The van der Waals surface area contributed by atoms with E-state index in [-0.39, 0.29) is 41.1 Å². The van der Waals surface area contributed by atoms with Gasteiger partial charge in [-0.25, -0.2) is 4.39 Å². The molecule has 2 aromatic carbocycles. The summed E-state index contributed by atoms with van der Waals surface area (Å²) in [6, 6.07) is 10.4. The molecule has 0 aromatic heterocycles. The van der Waals surface area contributed by atoms with E-state index < -0.39 is 17.6 Å². The van der Waals surface area contributed by atoms with Gasteiger partial charge in [0, 0.05) is 24.3 Å². The summed E-state index contributed by atoms with van der Waals surface area (Å²) in [7, 11) is 0. The van der Waals surface area contributed by atoms with Crippen molar-refractivity contribution in [3.05, 3.63) is 65.0 Å². The Morgan fingerprint density at radius 3 is 2.59 bits per heavy atom. The smallest absolute Gasteiger partial charge is 0.288 e. The fourth-order valence-corrected chi connectivity index (χ4v) is 3.47. The zero-order valence-electron chi connectivity index (χ0n) is 15.5. The van der Waals surface area contributed by atoms with E-state index in [4.69, 9.17) is 0 Å². The molecule has 7 nitrogen and oxygen atoms in total. The lowest BCUT2D eigenvalue weighted by atomic mass is 10.1. The fourth-order valence-electron chi connectivity index (χ4n) is 2.71. The molecule has 0 atom stereocenters. The average Bonchev–Trinajstić information content (AvgIpc) is 3.01. The first-order chi connectivity index (χ1) is 13.9. The molecular formula is C20H18FN3O4S. The number of amides is 4. The Bertz CT molecular complexity index is 979. The minimum absolute atomic E-state index is 0.0964. The highest BCUT2D eigenvalue weighted by atomic mass is 32.2. The molecule has 29 heavy (non-hydrogen) atoms. The summed E-state index contributed by atoms with van der Waals surface area (Å²) in [6.45, 7) is 1.96. The second-order valence-corrected chi connectivity index (χ2v) is 7.25. The second kappa shape index (κ2) is 8.87. The highest BCUT2D eigenvalue weighted by Gasteiger charge is 2.29. The van der Waals surface area contributed by atoms with Crippen molar-refractivity contribution in [1.82, 2.24) is 10.2 Å². The minimum atomic E-state index is -0.638. The average molecular weight is 415 g/mol. The fraction of sp³-hybridized carbons (Fsp3) is 0.200. The monoisotopic (exact) mass is 415 g/mol. The van der Waals surface area contributed by atoms with Crippen LogP contribution in [0.15, 0.2) is 42.5 Å². The quantitative estimate of drug-likeness (QED) is 0.757. The summed E-state index contributed by atoms with van der Waals surface area (Å²) >= 11 is 0.935. The summed E-state index contributed by atoms with van der Waals surface area (Å²) in [5, 5.41) is 4.94. The van der Waals surface area contributed by atoms with Gasteiger partial charge in [0.1, 0.15) is 5.82 Å². The van der Waals surface area contributed by atoms with Gasteiger partial charge in [0.05, 0.1) is 11.3 Å². The lowest BCUT2D eigenvalue weighted by Crippen LogP contribution is -2.37. The minimum Gasteiger partial charge on any atom is -0.350 e. The summed E-state index contributed by atoms with van der Waals surface area (Å²) in [4.78, 5) is 48.9. The first kappa shape index (κ1) is 20.5. The standard InChI is InChI=1S/C20H18FN3O4S/c1-12-6-7-13(18(26)22-8-9-24-17(25)11-29-20(24)28)10-16(12)23-19(27)14-4-2-3-5-15(14)21/h2-7,10H,8-9,11H2,1H3,(H,22,26)(H,23,27). The first-order valence-electron chi connectivity index (χ1n) is 8.78. The molecule has 2 aromatic rings. The van der Waals surface area contributed by atoms with Gasteiger partial charge in [0.15, 0.2) is 0 Å². The Labute approximate surface area is 170 Å². The van der Waals surface area contributed by atoms with E-state index in [1.807, 2.05) is 0 Å². The largest absolute Gasteiger partial charge is 0.350 e. The van der Waals surface area contributed by atoms with Crippen LogP contribution in [0.2, 0.25) is 0 Å². The van der Waals surface area contributed by atoms with Crippen LogP contribution in [0.25, 0.3) is 0 Å². The van der Waals surface area contributed by atoms with Crippen molar-refractivity contribution in [3.8, 4) is 0 Å². The Hall–Kier alpha value is -3.20. The van der Waals surface area contributed by atoms with Crippen molar-refractivity contribution >= 4 is 40.4 Å². The zero-order valence-corrected chi connectivity index (χ0v) is 16.3. The van der Waals surface area contributed by atoms with Crippen LogP contribution in [0.5, 0.6) is 0 Å². The first-order valence-corrected chi connectivity index (χ1v) is 9.77. The number of hydrogen-bond acceptors (Lipinski definition) is 5. The normalized spacial score (nSPS) is 13.5. The van der Waals surface area contributed by atoms with Crippen molar-refractivity contribution in [2.45, 2.75) is 6.92 Å². The highest BCUT2D eigenvalue weighted by Crippen LogP contribution is 2.20. The third-order valence-electron chi connectivity index (χ3n) is 4.33. The molecule has 1 fully saturated rings. The Balaban J connectivity index is 1.64. The molecule has 0 aliphatic carbocycles. The molecular weight excluding hydrogens is 397 g/mol. The molecule has 0 bridgehead atoms. The number of aryl methyl sites for hydroxylation is 1. The van der Waals surface area contributed by atoms with E-state index in [1.165, 1.54) is 24.3 Å². The van der Waals surface area contributed by atoms with E-state index in [2.05, 4.69) is 10.6 Å². The maximum Gasteiger partial charge on any atom is 0.288 e. The Morgan fingerprint density at radius 1 is 1.14 bits per heavy atom. The number of halogens is 1. The third kappa shape index (κ3) is 4.80. The van der Waals surface area contributed by atoms with Gasteiger partial charge in [0.25, 0.3) is 17.1 Å². The van der Waals surface area contributed by atoms with Gasteiger partial charge in [-0.05, 0) is 36.8 Å². The molecule has 0 radical (unpaired) electrons. The maximum absolute atomic E-state index is 13.8. The predicted octanol–water partition coefficient (Wildman–Crippen LogP) is 2.81. The number of rotatable bonds is 6. The van der Waals surface area contributed by atoms with Crippen LogP contribution in [-0.4, -0.2) is 46.7 Å². The van der Waals surface area contributed by atoms with Crippen molar-refractivity contribution in [2.75, 3.05) is 24.2 Å². The second-order valence-electron chi connectivity index (χ2n) is 6.32. The van der Waals surface area contributed by atoms with Gasteiger partial charge < -0.3 is 10.6 Å². The van der Waals surface area contributed by atoms with Crippen LogP contribution in [0.1, 0.15) is 26.3 Å². The third-order valence-corrected chi connectivity index (χ3v) is 5.19. The summed E-state index contributed by atoms with van der Waals surface area (Å²) in [5.74, 6) is -1.83. The van der Waals surface area contributed by atoms with Crippen LogP contribution in [0.3, 0.4) is 0 Å². The highest BCUT2D eigenvalue weighted by molar-refractivity contribution is 8.14. The van der Waals surface area contributed by atoms with Crippen LogP contribution < -0.4 is 10.6 Å². The number of hydrogen-bond donors (Lipinski definition) is 2. The Kier molecular flexibility index (Phi) is 6.28. The number of anilines is 1. The van der Waals surface area contributed by atoms with E-state index in [9.17, 15) is 23.6 Å². The summed E-state index contributed by atoms with van der Waals surface area (Å²) in [6.07, 6.45) is 0. The molecule has 1 aliphatic rings. The molecule has 0 saturated carbocycles. The molecule has 1 heterocycles. The number of carbonyl (C=O) groups excluding carboxylic acids is 4. The number of carbonyl (C=O) groups is 4. The molecule has 3 rings (SSSR count). The van der Waals surface area contributed by atoms with E-state index in [1.54, 1.807) is 25.1 Å². The maximum atomic E-state index is 13.8. The number of imide groups is 1. The zero-order chi connectivity index (χ0) is 21.0. The number of thioether (sulfide) groups is 1. The molecule has 150 valence electrons. The molecule has 2 N–H and O–H groups in total. The summed E-state index contributed by atoms with van der Waals surface area (Å²) in [5.41, 5.74) is 1.27. The van der Waals surface area contributed by atoms with Gasteiger partial charge in [-0.1, -0.05) is 30.0 Å². The van der Waals surface area contributed by atoms with Gasteiger partial charge in [-0.15, -0.1) is 0 Å². The lowest BCUT2D eigenvalue weighted by molar-refractivity contribution is -0.124. The van der Waals surface area contributed by atoms with Crippen molar-refractivity contribution in [1.29, 1.82) is 0 Å². The van der Waals surface area contributed by atoms with Crippen LogP contribution in [-0.2, 0) is 4.79 Å². The SMILES string of the molecule is Cc1ccc(C(=O)NCCN2C(=O)CSC2=O)cc1NC(=O)c1ccccc1F. The number of nitrogens with zero attached hydrogens (tertiary/aromatic N) is 1. The van der Waals surface area contributed by atoms with Crippen LogP contribution in [0, 0.1) is 12.7 Å². The molecule has 9 heteroatoms. The summed E-state index contributed by atoms with van der Waals surface area (Å²) < 4.78 is 13.8. The van der Waals surface area contributed by atoms with Crippen molar-refractivity contribution < 1.29 is 23.6 Å². The van der Waals surface area contributed by atoms with Crippen molar-refractivity contribution in [3.63, 3.8) is 0 Å². The molecule has 4 amide bonds. The topological polar surface area (TPSA) is 95.6 Å². The molecule has 0 spiro atoms.